The van der Waals surface area contributed by atoms with Gasteiger partial charge in [0.15, 0.2) is 0 Å². The zero-order valence-corrected chi connectivity index (χ0v) is 11.9. The number of anilines is 2. The fourth-order valence-electron chi connectivity index (χ4n) is 2.36. The van der Waals surface area contributed by atoms with Gasteiger partial charge < -0.3 is 25.8 Å². The number of nitrogens with zero attached hydrogens (tertiary/aromatic N) is 1. The van der Waals surface area contributed by atoms with Crippen LogP contribution in [0.1, 0.15) is 17.3 Å². The van der Waals surface area contributed by atoms with Gasteiger partial charge in [-0.05, 0) is 19.1 Å². The van der Waals surface area contributed by atoms with E-state index >= 15 is 0 Å². The van der Waals surface area contributed by atoms with Crippen LogP contribution < -0.4 is 16.4 Å². The van der Waals surface area contributed by atoms with Crippen molar-refractivity contribution in [3.8, 4) is 0 Å². The predicted molar refractivity (Wildman–Crippen MR) is 78.0 cm³/mol. The number of hydrogen-bond acceptors (Lipinski definition) is 6. The van der Waals surface area contributed by atoms with E-state index in [0.29, 0.717) is 30.1 Å². The van der Waals surface area contributed by atoms with Gasteiger partial charge in [-0.2, -0.15) is 0 Å². The number of esters is 1. The lowest BCUT2D eigenvalue weighted by Crippen LogP contribution is -2.53. The van der Waals surface area contributed by atoms with Crippen LogP contribution in [0, 0.1) is 0 Å². The molecule has 7 heteroatoms. The molecule has 1 unspecified atom stereocenters. The Kier molecular flexibility index (Phi) is 4.64. The molecule has 0 radical (unpaired) electrons. The highest BCUT2D eigenvalue weighted by Crippen LogP contribution is 2.31. The maximum absolute atomic E-state index is 12.1. The molecule has 1 aliphatic rings. The van der Waals surface area contributed by atoms with Gasteiger partial charge in [-0.3, -0.25) is 4.79 Å². The molecule has 0 bridgehead atoms. The van der Waals surface area contributed by atoms with Crippen molar-refractivity contribution in [1.29, 1.82) is 0 Å². The fourth-order valence-corrected chi connectivity index (χ4v) is 2.36. The second-order valence-electron chi connectivity index (χ2n) is 4.65. The normalized spacial score (nSPS) is 18.3. The Bertz CT molecular complexity index is 547. The van der Waals surface area contributed by atoms with E-state index in [1.54, 1.807) is 30.0 Å². The minimum absolute atomic E-state index is 0.173. The molecular weight excluding hydrogens is 274 g/mol. The Morgan fingerprint density at radius 3 is 2.90 bits per heavy atom. The number of para-hydroxylation sites is 1. The third kappa shape index (κ3) is 3.08. The molecule has 2 rings (SSSR count). The lowest BCUT2D eigenvalue weighted by molar-refractivity contribution is -0.121. The lowest BCUT2D eigenvalue weighted by Gasteiger charge is -2.36. The van der Waals surface area contributed by atoms with Gasteiger partial charge in [-0.1, -0.05) is 6.07 Å². The zero-order valence-electron chi connectivity index (χ0n) is 11.9. The highest BCUT2D eigenvalue weighted by atomic mass is 16.5. The summed E-state index contributed by atoms with van der Waals surface area (Å²) in [7, 11) is 0. The van der Waals surface area contributed by atoms with Gasteiger partial charge in [0, 0.05) is 6.54 Å². The first-order valence-corrected chi connectivity index (χ1v) is 6.75. The highest BCUT2D eigenvalue weighted by molar-refractivity contribution is 6.00. The first-order chi connectivity index (χ1) is 10.1. The summed E-state index contributed by atoms with van der Waals surface area (Å²) in [4.78, 5) is 25.4. The average Bonchev–Trinajstić information content (AvgIpc) is 2.47. The zero-order chi connectivity index (χ0) is 15.4. The van der Waals surface area contributed by atoms with Crippen LogP contribution in [0.2, 0.25) is 0 Å². The van der Waals surface area contributed by atoms with E-state index in [0.717, 1.165) is 0 Å². The smallest absolute Gasteiger partial charge is 0.340 e. The second-order valence-corrected chi connectivity index (χ2v) is 4.65. The Balaban J connectivity index is 2.45. The van der Waals surface area contributed by atoms with Crippen molar-refractivity contribution in [3.63, 3.8) is 0 Å². The minimum atomic E-state index is -0.656. The molecule has 114 valence electrons. The van der Waals surface area contributed by atoms with Gasteiger partial charge in [0.05, 0.1) is 36.8 Å². The molecule has 0 spiro atoms. The molecule has 1 heterocycles. The Morgan fingerprint density at radius 1 is 1.48 bits per heavy atom. The number of benzene rings is 1. The molecule has 1 aliphatic heterocycles. The summed E-state index contributed by atoms with van der Waals surface area (Å²) in [5.74, 6) is -0.998. The number of rotatable bonds is 4. The topological polar surface area (TPSA) is 108 Å². The van der Waals surface area contributed by atoms with Crippen molar-refractivity contribution in [1.82, 2.24) is 0 Å². The van der Waals surface area contributed by atoms with E-state index in [1.165, 1.54) is 0 Å². The summed E-state index contributed by atoms with van der Waals surface area (Å²) in [6, 6.07) is 4.31. The van der Waals surface area contributed by atoms with E-state index < -0.39 is 17.9 Å². The SMILES string of the molecule is CCOC(=O)c1cccc(N)c1N1CCOCC1C(N)=O. The summed E-state index contributed by atoms with van der Waals surface area (Å²) in [6.07, 6.45) is 0. The summed E-state index contributed by atoms with van der Waals surface area (Å²) in [5, 5.41) is 0. The standard InChI is InChI=1S/C14H19N3O4/c1-2-21-14(19)9-4-3-5-10(15)12(9)17-6-7-20-8-11(17)13(16)18/h3-5,11H,2,6-8,15H2,1H3,(H2,16,18). The number of morpholine rings is 1. The number of carbonyl (C=O) groups is 2. The summed E-state index contributed by atoms with van der Waals surface area (Å²) < 4.78 is 10.3. The largest absolute Gasteiger partial charge is 0.462 e. The maximum Gasteiger partial charge on any atom is 0.340 e. The number of primary amides is 1. The van der Waals surface area contributed by atoms with Crippen molar-refractivity contribution >= 4 is 23.3 Å². The number of nitrogens with two attached hydrogens (primary N) is 2. The lowest BCUT2D eigenvalue weighted by atomic mass is 10.1. The van der Waals surface area contributed by atoms with E-state index in [-0.39, 0.29) is 13.2 Å². The van der Waals surface area contributed by atoms with E-state index in [2.05, 4.69) is 0 Å². The molecule has 1 atom stereocenters. The third-order valence-electron chi connectivity index (χ3n) is 3.31. The average molecular weight is 293 g/mol. The number of hydrogen-bond donors (Lipinski definition) is 2. The van der Waals surface area contributed by atoms with Crippen molar-refractivity contribution in [2.24, 2.45) is 5.73 Å². The maximum atomic E-state index is 12.1. The number of carbonyl (C=O) groups excluding carboxylic acids is 2. The first kappa shape index (κ1) is 15.1. The van der Waals surface area contributed by atoms with Gasteiger partial charge in [-0.15, -0.1) is 0 Å². The molecule has 0 aliphatic carbocycles. The molecule has 21 heavy (non-hydrogen) atoms. The summed E-state index contributed by atoms with van der Waals surface area (Å²) in [6.45, 7) is 3.01. The Labute approximate surface area is 122 Å². The molecule has 4 N–H and O–H groups in total. The molecule has 0 saturated carbocycles. The van der Waals surface area contributed by atoms with Crippen molar-refractivity contribution in [2.45, 2.75) is 13.0 Å². The molecule has 1 aromatic rings. The van der Waals surface area contributed by atoms with Gasteiger partial charge in [0.1, 0.15) is 6.04 Å². The summed E-state index contributed by atoms with van der Waals surface area (Å²) in [5.41, 5.74) is 12.6. The van der Waals surface area contributed by atoms with Crippen LogP contribution in [0.5, 0.6) is 0 Å². The minimum Gasteiger partial charge on any atom is -0.462 e. The van der Waals surface area contributed by atoms with Crippen molar-refractivity contribution in [3.05, 3.63) is 23.8 Å². The molecule has 1 saturated heterocycles. The van der Waals surface area contributed by atoms with Gasteiger partial charge in [0.2, 0.25) is 5.91 Å². The van der Waals surface area contributed by atoms with E-state index in [1.807, 2.05) is 0 Å². The third-order valence-corrected chi connectivity index (χ3v) is 3.31. The predicted octanol–water partition coefficient (Wildman–Crippen LogP) is 0.136. The number of amides is 1. The fraction of sp³-hybridized carbons (Fsp3) is 0.429. The Morgan fingerprint density at radius 2 is 2.24 bits per heavy atom. The van der Waals surface area contributed by atoms with Crippen LogP contribution >= 0.6 is 0 Å². The van der Waals surface area contributed by atoms with Crippen LogP contribution in [-0.2, 0) is 14.3 Å². The second kappa shape index (κ2) is 6.45. The number of ether oxygens (including phenoxy) is 2. The molecule has 1 aromatic carbocycles. The Hall–Kier alpha value is -2.28. The highest BCUT2D eigenvalue weighted by Gasteiger charge is 2.32. The van der Waals surface area contributed by atoms with Crippen LogP contribution in [0.3, 0.4) is 0 Å². The van der Waals surface area contributed by atoms with Gasteiger partial charge in [0.25, 0.3) is 0 Å². The molecule has 0 aromatic heterocycles. The van der Waals surface area contributed by atoms with E-state index in [9.17, 15) is 9.59 Å². The monoisotopic (exact) mass is 293 g/mol. The van der Waals surface area contributed by atoms with Crippen LogP contribution in [0.4, 0.5) is 11.4 Å². The first-order valence-electron chi connectivity index (χ1n) is 6.75. The summed E-state index contributed by atoms with van der Waals surface area (Å²) >= 11 is 0. The van der Waals surface area contributed by atoms with Crippen molar-refractivity contribution in [2.75, 3.05) is 37.0 Å². The molecular formula is C14H19N3O4. The van der Waals surface area contributed by atoms with Gasteiger partial charge in [-0.25, -0.2) is 4.79 Å². The molecule has 1 amide bonds. The van der Waals surface area contributed by atoms with Crippen molar-refractivity contribution < 1.29 is 19.1 Å². The van der Waals surface area contributed by atoms with Crippen LogP contribution in [0.15, 0.2) is 18.2 Å². The van der Waals surface area contributed by atoms with Crippen LogP contribution in [0.25, 0.3) is 0 Å². The van der Waals surface area contributed by atoms with Crippen LogP contribution in [-0.4, -0.2) is 44.3 Å². The number of nitrogen functional groups attached to an aromatic ring is 1. The molecule has 7 nitrogen and oxygen atoms in total. The van der Waals surface area contributed by atoms with E-state index in [4.69, 9.17) is 20.9 Å². The quantitative estimate of drug-likeness (QED) is 0.603. The van der Waals surface area contributed by atoms with Gasteiger partial charge >= 0.3 is 5.97 Å². The molecule has 1 fully saturated rings.